The molecule has 0 aromatic heterocycles. The maximum Gasteiger partial charge on any atom is 0.0461 e. The third kappa shape index (κ3) is 7.14. The zero-order chi connectivity index (χ0) is 17.5. The fourth-order valence-electron chi connectivity index (χ4n) is 1.90. The van der Waals surface area contributed by atoms with Crippen molar-refractivity contribution in [3.05, 3.63) is 122 Å². The minimum Gasteiger partial charge on any atom is -0.311 e. The van der Waals surface area contributed by atoms with Gasteiger partial charge in [-0.25, -0.2) is 0 Å². The molecule has 23 heavy (non-hydrogen) atoms. The van der Waals surface area contributed by atoms with Crippen LogP contribution < -0.4 is 0 Å². The van der Waals surface area contributed by atoms with Crippen LogP contribution in [0.4, 0.5) is 0 Å². The van der Waals surface area contributed by atoms with Gasteiger partial charge in [0, 0.05) is 17.1 Å². The van der Waals surface area contributed by atoms with Gasteiger partial charge in [-0.3, -0.25) is 0 Å². The lowest BCUT2D eigenvalue weighted by Gasteiger charge is -2.28. The van der Waals surface area contributed by atoms with E-state index >= 15 is 0 Å². The molecule has 0 aliphatic heterocycles. The molecule has 120 valence electrons. The van der Waals surface area contributed by atoms with Crippen LogP contribution in [0, 0.1) is 0 Å². The topological polar surface area (TPSA) is 3.24 Å². The molecular weight excluding hydrogens is 278 g/mol. The van der Waals surface area contributed by atoms with Crippen molar-refractivity contribution in [2.75, 3.05) is 0 Å². The summed E-state index contributed by atoms with van der Waals surface area (Å²) >= 11 is 0. The molecule has 0 saturated heterocycles. The highest BCUT2D eigenvalue weighted by molar-refractivity contribution is 5.41. The highest BCUT2D eigenvalue weighted by Crippen LogP contribution is 2.24. The lowest BCUT2D eigenvalue weighted by Crippen LogP contribution is -2.19. The van der Waals surface area contributed by atoms with Crippen LogP contribution in [-0.2, 0) is 0 Å². The van der Waals surface area contributed by atoms with Gasteiger partial charge in [0.1, 0.15) is 0 Å². The molecular formula is C22H27N. The van der Waals surface area contributed by atoms with E-state index in [4.69, 9.17) is 0 Å². The van der Waals surface area contributed by atoms with Crippen molar-refractivity contribution in [1.29, 1.82) is 0 Å². The van der Waals surface area contributed by atoms with Crippen LogP contribution in [0.3, 0.4) is 0 Å². The molecule has 0 radical (unpaired) electrons. The molecule has 0 atom stereocenters. The van der Waals surface area contributed by atoms with Crippen LogP contribution in [0.15, 0.2) is 122 Å². The second-order valence-corrected chi connectivity index (χ2v) is 4.39. The Labute approximate surface area is 141 Å². The first-order valence-corrected chi connectivity index (χ1v) is 7.52. The summed E-state index contributed by atoms with van der Waals surface area (Å²) in [6.45, 7) is 19.1. The Morgan fingerprint density at radius 1 is 0.652 bits per heavy atom. The van der Waals surface area contributed by atoms with Crippen molar-refractivity contribution in [3.8, 4) is 0 Å². The van der Waals surface area contributed by atoms with Crippen LogP contribution in [-0.4, -0.2) is 4.90 Å². The highest BCUT2D eigenvalue weighted by atomic mass is 15.2. The van der Waals surface area contributed by atoms with E-state index in [9.17, 15) is 0 Å². The van der Waals surface area contributed by atoms with E-state index < -0.39 is 0 Å². The zero-order valence-corrected chi connectivity index (χ0v) is 14.3. The molecule has 0 unspecified atom stereocenters. The van der Waals surface area contributed by atoms with E-state index in [1.165, 1.54) is 0 Å². The third-order valence-corrected chi connectivity index (χ3v) is 2.79. The maximum absolute atomic E-state index is 3.82. The summed E-state index contributed by atoms with van der Waals surface area (Å²) in [5, 5.41) is 0. The number of hydrogen-bond donors (Lipinski definition) is 0. The van der Waals surface area contributed by atoms with Gasteiger partial charge in [-0.05, 0) is 44.2 Å². The van der Waals surface area contributed by atoms with E-state index in [1.807, 2.05) is 56.4 Å². The van der Waals surface area contributed by atoms with Crippen LogP contribution in [0.1, 0.15) is 13.8 Å². The molecule has 0 aliphatic rings. The average Bonchev–Trinajstić information content (AvgIpc) is 2.56. The molecule has 0 fully saturated rings. The Bertz CT molecular complexity index is 549. The second kappa shape index (κ2) is 12.9. The predicted octanol–water partition coefficient (Wildman–Crippen LogP) is 6.39. The molecule has 1 nitrogen and oxygen atoms in total. The van der Waals surface area contributed by atoms with Crippen LogP contribution in [0.25, 0.3) is 0 Å². The van der Waals surface area contributed by atoms with Gasteiger partial charge in [-0.1, -0.05) is 74.9 Å². The van der Waals surface area contributed by atoms with Gasteiger partial charge in [0.05, 0.1) is 0 Å². The van der Waals surface area contributed by atoms with Gasteiger partial charge < -0.3 is 4.90 Å². The van der Waals surface area contributed by atoms with Crippen molar-refractivity contribution in [2.45, 2.75) is 13.8 Å². The van der Waals surface area contributed by atoms with Crippen molar-refractivity contribution in [2.24, 2.45) is 0 Å². The molecule has 0 aromatic rings. The minimum absolute atomic E-state index is 0.966. The highest BCUT2D eigenvalue weighted by Gasteiger charge is 2.13. The SMILES string of the molecule is C=C/C=C\C(=C/C=C)N(C(/C=C\C)=C/C)C(/C=C\C=C)=C/C=C. The molecule has 0 aromatic carbocycles. The van der Waals surface area contributed by atoms with Gasteiger partial charge in [0.25, 0.3) is 0 Å². The molecule has 0 rings (SSSR count). The summed E-state index contributed by atoms with van der Waals surface area (Å²) in [4.78, 5) is 2.11. The normalized spacial score (nSPS) is 13.7. The largest absolute Gasteiger partial charge is 0.311 e. The molecule has 0 amide bonds. The first kappa shape index (κ1) is 20.2. The van der Waals surface area contributed by atoms with Crippen LogP contribution in [0.5, 0.6) is 0 Å². The molecule has 0 spiro atoms. The van der Waals surface area contributed by atoms with Gasteiger partial charge in [-0.15, -0.1) is 0 Å². The van der Waals surface area contributed by atoms with Crippen molar-refractivity contribution in [3.63, 3.8) is 0 Å². The van der Waals surface area contributed by atoms with E-state index in [0.29, 0.717) is 0 Å². The van der Waals surface area contributed by atoms with E-state index in [1.54, 1.807) is 24.3 Å². The quantitative estimate of drug-likeness (QED) is 0.422. The second-order valence-electron chi connectivity index (χ2n) is 4.39. The molecule has 0 saturated carbocycles. The molecule has 1 heteroatoms. The Hall–Kier alpha value is -2.80. The molecule has 0 bridgehead atoms. The fourth-order valence-corrected chi connectivity index (χ4v) is 1.90. The van der Waals surface area contributed by atoms with Gasteiger partial charge in [-0.2, -0.15) is 0 Å². The summed E-state index contributed by atoms with van der Waals surface area (Å²) in [7, 11) is 0. The monoisotopic (exact) mass is 305 g/mol. The standard InChI is InChI=1S/C22H27N/c1-7-13-18-21(16-10-4)23(20(12-6)15-9-3)22(17-11-5)19-14-8-2/h7-19H,1-2,4-5H2,3,6H3/b15-9-,18-13-,19-14-,20-12+,21-16+,22-17+. The first-order valence-electron chi connectivity index (χ1n) is 7.52. The van der Waals surface area contributed by atoms with Crippen LogP contribution >= 0.6 is 0 Å². The summed E-state index contributed by atoms with van der Waals surface area (Å²) in [6, 6.07) is 0. The predicted molar refractivity (Wildman–Crippen MR) is 106 cm³/mol. The molecule has 0 aliphatic carbocycles. The Balaban J connectivity index is 6.35. The summed E-state index contributed by atoms with van der Waals surface area (Å²) < 4.78 is 0. The Kier molecular flexibility index (Phi) is 11.3. The van der Waals surface area contributed by atoms with Crippen LogP contribution in [0.2, 0.25) is 0 Å². The lowest BCUT2D eigenvalue weighted by molar-refractivity contribution is 0.576. The maximum atomic E-state index is 3.82. The van der Waals surface area contributed by atoms with Crippen molar-refractivity contribution in [1.82, 2.24) is 4.90 Å². The summed E-state index contributed by atoms with van der Waals surface area (Å²) in [5.41, 5.74) is 2.97. The smallest absolute Gasteiger partial charge is 0.0461 e. The minimum atomic E-state index is 0.966. The number of nitrogens with zero attached hydrogens (tertiary/aromatic N) is 1. The van der Waals surface area contributed by atoms with Gasteiger partial charge in [0.2, 0.25) is 0 Å². The Morgan fingerprint density at radius 3 is 1.43 bits per heavy atom. The zero-order valence-electron chi connectivity index (χ0n) is 14.3. The summed E-state index contributed by atoms with van der Waals surface area (Å²) in [6.07, 6.45) is 24.8. The third-order valence-electron chi connectivity index (χ3n) is 2.79. The number of allylic oxidation sites excluding steroid dienone is 13. The average molecular weight is 305 g/mol. The number of rotatable bonds is 10. The fraction of sp³-hybridized carbons (Fsp3) is 0.0909. The summed E-state index contributed by atoms with van der Waals surface area (Å²) in [5.74, 6) is 0. The molecule has 0 N–H and O–H groups in total. The van der Waals surface area contributed by atoms with Crippen molar-refractivity contribution < 1.29 is 0 Å². The van der Waals surface area contributed by atoms with Gasteiger partial charge >= 0.3 is 0 Å². The van der Waals surface area contributed by atoms with E-state index in [-0.39, 0.29) is 0 Å². The Morgan fingerprint density at radius 2 is 1.13 bits per heavy atom. The van der Waals surface area contributed by atoms with Crippen molar-refractivity contribution >= 4 is 0 Å². The number of hydrogen-bond acceptors (Lipinski definition) is 1. The lowest BCUT2D eigenvalue weighted by atomic mass is 10.2. The molecule has 0 heterocycles. The van der Waals surface area contributed by atoms with Gasteiger partial charge in [0.15, 0.2) is 0 Å². The van der Waals surface area contributed by atoms with E-state index in [2.05, 4.69) is 43.4 Å². The first-order chi connectivity index (χ1) is 11.2. The van der Waals surface area contributed by atoms with E-state index in [0.717, 1.165) is 17.1 Å².